The number of aryl methyl sites for hydroxylation is 1. The van der Waals surface area contributed by atoms with Crippen molar-refractivity contribution in [1.82, 2.24) is 0 Å². The predicted molar refractivity (Wildman–Crippen MR) is 65.2 cm³/mol. The number of alkyl halides is 3. The minimum Gasteiger partial charge on any atom is -0.497 e. The second-order valence-electron chi connectivity index (χ2n) is 4.45. The van der Waals surface area contributed by atoms with Crippen LogP contribution in [0.25, 0.3) is 0 Å². The first-order valence-corrected chi connectivity index (χ1v) is 7.36. The van der Waals surface area contributed by atoms with E-state index in [2.05, 4.69) is 4.18 Å². The molecule has 0 unspecified atom stereocenters. The lowest BCUT2D eigenvalue weighted by atomic mass is 9.91. The van der Waals surface area contributed by atoms with E-state index in [1.165, 1.54) is 13.2 Å². The lowest BCUT2D eigenvalue weighted by molar-refractivity contribution is -0.0500. The van der Waals surface area contributed by atoms with E-state index in [1.807, 2.05) is 0 Å². The van der Waals surface area contributed by atoms with Gasteiger partial charge in [0.25, 0.3) is 0 Å². The normalized spacial score (nSPS) is 15.6. The van der Waals surface area contributed by atoms with Crippen LogP contribution in [0.5, 0.6) is 11.5 Å². The molecular formula is C12H13F3O4S. The summed E-state index contributed by atoms with van der Waals surface area (Å²) in [6.45, 7) is 0. The number of rotatable bonds is 3. The van der Waals surface area contributed by atoms with Gasteiger partial charge in [0.2, 0.25) is 0 Å². The number of benzene rings is 1. The maximum absolute atomic E-state index is 12.4. The molecule has 1 aromatic rings. The smallest absolute Gasteiger partial charge is 0.497 e. The van der Waals surface area contributed by atoms with Gasteiger partial charge in [0.05, 0.1) is 7.11 Å². The van der Waals surface area contributed by atoms with Gasteiger partial charge in [0, 0.05) is 6.07 Å². The molecule has 0 bridgehead atoms. The van der Waals surface area contributed by atoms with Crippen molar-refractivity contribution in [1.29, 1.82) is 0 Å². The van der Waals surface area contributed by atoms with E-state index in [-0.39, 0.29) is 11.5 Å². The lowest BCUT2D eigenvalue weighted by Gasteiger charge is -2.20. The van der Waals surface area contributed by atoms with Crippen molar-refractivity contribution in [3.63, 3.8) is 0 Å². The Morgan fingerprint density at radius 1 is 1.15 bits per heavy atom. The van der Waals surface area contributed by atoms with Crippen LogP contribution in [0.2, 0.25) is 0 Å². The number of ether oxygens (including phenoxy) is 1. The molecule has 0 saturated carbocycles. The third kappa shape index (κ3) is 2.84. The van der Waals surface area contributed by atoms with Gasteiger partial charge in [0.15, 0.2) is 0 Å². The second kappa shape index (κ2) is 5.16. The van der Waals surface area contributed by atoms with Crippen molar-refractivity contribution < 1.29 is 30.5 Å². The van der Waals surface area contributed by atoms with Gasteiger partial charge in [-0.3, -0.25) is 0 Å². The molecule has 0 aromatic heterocycles. The minimum absolute atomic E-state index is 0.276. The average molecular weight is 310 g/mol. The zero-order valence-electron chi connectivity index (χ0n) is 10.7. The third-order valence-corrected chi connectivity index (χ3v) is 4.08. The Hall–Kier alpha value is -1.44. The number of methoxy groups -OCH3 is 1. The fourth-order valence-corrected chi connectivity index (χ4v) is 2.64. The van der Waals surface area contributed by atoms with E-state index in [0.717, 1.165) is 18.4 Å². The van der Waals surface area contributed by atoms with Crippen LogP contribution >= 0.6 is 0 Å². The largest absolute Gasteiger partial charge is 0.534 e. The van der Waals surface area contributed by atoms with E-state index in [0.29, 0.717) is 18.4 Å². The summed E-state index contributed by atoms with van der Waals surface area (Å²) >= 11 is 0. The van der Waals surface area contributed by atoms with Crippen LogP contribution in [0.4, 0.5) is 13.2 Å². The molecule has 112 valence electrons. The Kier molecular flexibility index (Phi) is 3.86. The Balaban J connectivity index is 2.46. The summed E-state index contributed by atoms with van der Waals surface area (Å²) in [7, 11) is -4.31. The highest BCUT2D eigenvalue weighted by Crippen LogP contribution is 2.36. The molecule has 20 heavy (non-hydrogen) atoms. The van der Waals surface area contributed by atoms with Crippen molar-refractivity contribution >= 4 is 10.1 Å². The summed E-state index contributed by atoms with van der Waals surface area (Å²) < 4.78 is 68.6. The highest BCUT2D eigenvalue weighted by atomic mass is 32.2. The molecule has 0 N–H and O–H groups in total. The van der Waals surface area contributed by atoms with Crippen LogP contribution in [0, 0.1) is 0 Å². The Morgan fingerprint density at radius 3 is 2.40 bits per heavy atom. The summed E-state index contributed by atoms with van der Waals surface area (Å²) in [5.41, 5.74) is -4.18. The van der Waals surface area contributed by atoms with Gasteiger partial charge in [-0.25, -0.2) is 0 Å². The molecule has 0 spiro atoms. The van der Waals surface area contributed by atoms with Gasteiger partial charge in [-0.2, -0.15) is 21.6 Å². The molecule has 0 aliphatic heterocycles. The number of hydrogen-bond acceptors (Lipinski definition) is 4. The maximum atomic E-state index is 12.4. The van der Waals surface area contributed by atoms with Crippen molar-refractivity contribution in [3.05, 3.63) is 23.3 Å². The second-order valence-corrected chi connectivity index (χ2v) is 5.99. The van der Waals surface area contributed by atoms with E-state index >= 15 is 0 Å². The van der Waals surface area contributed by atoms with Gasteiger partial charge < -0.3 is 8.92 Å². The van der Waals surface area contributed by atoms with Crippen LogP contribution < -0.4 is 8.92 Å². The summed E-state index contributed by atoms with van der Waals surface area (Å²) in [5, 5.41) is 0. The lowest BCUT2D eigenvalue weighted by Crippen LogP contribution is -2.28. The van der Waals surface area contributed by atoms with Crippen LogP contribution in [-0.4, -0.2) is 21.0 Å². The minimum atomic E-state index is -5.66. The van der Waals surface area contributed by atoms with E-state index in [9.17, 15) is 21.6 Å². The third-order valence-electron chi connectivity index (χ3n) is 3.12. The van der Waals surface area contributed by atoms with Crippen LogP contribution in [0.15, 0.2) is 12.1 Å². The molecule has 4 nitrogen and oxygen atoms in total. The van der Waals surface area contributed by atoms with Gasteiger partial charge in [0.1, 0.15) is 11.5 Å². The summed E-state index contributed by atoms with van der Waals surface area (Å²) in [6.07, 6.45) is 2.82. The molecule has 0 saturated heterocycles. The van der Waals surface area contributed by atoms with Gasteiger partial charge in [-0.05, 0) is 42.9 Å². The number of halogens is 3. The topological polar surface area (TPSA) is 52.6 Å². The van der Waals surface area contributed by atoms with Gasteiger partial charge in [-0.15, -0.1) is 0 Å². The molecule has 0 radical (unpaired) electrons. The predicted octanol–water partition coefficient (Wildman–Crippen LogP) is 2.80. The molecular weight excluding hydrogens is 297 g/mol. The first-order chi connectivity index (χ1) is 9.24. The van der Waals surface area contributed by atoms with E-state index < -0.39 is 15.6 Å². The summed E-state index contributed by atoms with van der Waals surface area (Å²) in [5.74, 6) is -0.0191. The summed E-state index contributed by atoms with van der Waals surface area (Å²) in [6, 6.07) is 2.87. The SMILES string of the molecule is COc1cc2c(c(OS(=O)(=O)C(F)(F)F)c1)CCCC2. The molecule has 1 aromatic carbocycles. The number of fused-ring (bicyclic) bond motifs is 1. The van der Waals surface area contributed by atoms with Crippen LogP contribution in [0.3, 0.4) is 0 Å². The highest BCUT2D eigenvalue weighted by molar-refractivity contribution is 7.88. The standard InChI is InChI=1S/C12H13F3O4S/c1-18-9-6-8-4-2-3-5-10(8)11(7-9)19-20(16,17)12(13,14)15/h6-7H,2-5H2,1H3. The maximum Gasteiger partial charge on any atom is 0.534 e. The molecule has 8 heteroatoms. The molecule has 0 amide bonds. The zero-order valence-corrected chi connectivity index (χ0v) is 11.5. The van der Waals surface area contributed by atoms with Gasteiger partial charge in [-0.1, -0.05) is 0 Å². The van der Waals surface area contributed by atoms with E-state index in [1.54, 1.807) is 6.07 Å². The number of hydrogen-bond donors (Lipinski definition) is 0. The Morgan fingerprint density at radius 2 is 1.80 bits per heavy atom. The average Bonchev–Trinajstić information content (AvgIpc) is 2.36. The van der Waals surface area contributed by atoms with Crippen molar-refractivity contribution in [2.75, 3.05) is 7.11 Å². The van der Waals surface area contributed by atoms with Crippen molar-refractivity contribution in [2.24, 2.45) is 0 Å². The van der Waals surface area contributed by atoms with E-state index in [4.69, 9.17) is 4.74 Å². The van der Waals surface area contributed by atoms with Crippen LogP contribution in [-0.2, 0) is 23.0 Å². The molecule has 1 aliphatic carbocycles. The molecule has 0 atom stereocenters. The van der Waals surface area contributed by atoms with Crippen molar-refractivity contribution in [2.45, 2.75) is 31.2 Å². The highest BCUT2D eigenvalue weighted by Gasteiger charge is 2.49. The molecule has 0 fully saturated rings. The monoisotopic (exact) mass is 310 g/mol. The molecule has 1 aliphatic rings. The fourth-order valence-electron chi connectivity index (χ4n) is 2.16. The Labute approximate surface area is 114 Å². The fraction of sp³-hybridized carbons (Fsp3) is 0.500. The molecule has 0 heterocycles. The first-order valence-electron chi connectivity index (χ1n) is 5.95. The van der Waals surface area contributed by atoms with Crippen molar-refractivity contribution in [3.8, 4) is 11.5 Å². The quantitative estimate of drug-likeness (QED) is 0.636. The van der Waals surface area contributed by atoms with Gasteiger partial charge >= 0.3 is 15.6 Å². The van der Waals surface area contributed by atoms with Crippen LogP contribution in [0.1, 0.15) is 24.0 Å². The first kappa shape index (κ1) is 15.0. The summed E-state index contributed by atoms with van der Waals surface area (Å²) in [4.78, 5) is 0. The Bertz CT molecular complexity index is 608. The zero-order chi connectivity index (χ0) is 15.0. The molecule has 2 rings (SSSR count).